The third-order valence-electron chi connectivity index (χ3n) is 3.58. The van der Waals surface area contributed by atoms with E-state index in [2.05, 4.69) is 40.0 Å². The first-order valence-corrected chi connectivity index (χ1v) is 7.99. The number of fused-ring (bicyclic) bond motifs is 1. The van der Waals surface area contributed by atoms with E-state index in [1.807, 2.05) is 31.2 Å². The molecule has 1 aromatic heterocycles. The van der Waals surface area contributed by atoms with Gasteiger partial charge in [-0.1, -0.05) is 48.9 Å². The van der Waals surface area contributed by atoms with Gasteiger partial charge in [0.2, 0.25) is 0 Å². The average molecular weight is 362 g/mol. The SMILES string of the molecule is CCc1ccc(-c2nc(Cl)c3c(Br)ccc(C)c3n2)cc1. The number of halogens is 2. The van der Waals surface area contributed by atoms with Gasteiger partial charge in [0.05, 0.1) is 10.9 Å². The van der Waals surface area contributed by atoms with Gasteiger partial charge in [0, 0.05) is 10.0 Å². The van der Waals surface area contributed by atoms with Crippen LogP contribution in [0.5, 0.6) is 0 Å². The van der Waals surface area contributed by atoms with Crippen molar-refractivity contribution in [3.8, 4) is 11.4 Å². The molecular formula is C17H14BrClN2. The quantitative estimate of drug-likeness (QED) is 0.557. The van der Waals surface area contributed by atoms with Crippen molar-refractivity contribution < 1.29 is 0 Å². The van der Waals surface area contributed by atoms with Crippen LogP contribution in [0.2, 0.25) is 5.15 Å². The average Bonchev–Trinajstić information content (AvgIpc) is 2.50. The Morgan fingerprint density at radius 2 is 1.76 bits per heavy atom. The van der Waals surface area contributed by atoms with E-state index >= 15 is 0 Å². The fraction of sp³-hybridized carbons (Fsp3) is 0.176. The van der Waals surface area contributed by atoms with Crippen LogP contribution in [0.4, 0.5) is 0 Å². The van der Waals surface area contributed by atoms with E-state index in [1.54, 1.807) is 0 Å². The van der Waals surface area contributed by atoms with Gasteiger partial charge in [0.15, 0.2) is 5.82 Å². The zero-order valence-electron chi connectivity index (χ0n) is 11.8. The highest BCUT2D eigenvalue weighted by molar-refractivity contribution is 9.10. The topological polar surface area (TPSA) is 25.8 Å². The summed E-state index contributed by atoms with van der Waals surface area (Å²) in [5, 5.41) is 1.34. The van der Waals surface area contributed by atoms with Gasteiger partial charge >= 0.3 is 0 Å². The number of benzene rings is 2. The standard InChI is InChI=1S/C17H14BrClN2/c1-3-11-5-7-12(8-6-11)17-20-15-10(2)4-9-13(18)14(15)16(19)21-17/h4-9H,3H2,1-2H3. The van der Waals surface area contributed by atoms with Crippen LogP contribution in [0, 0.1) is 6.92 Å². The monoisotopic (exact) mass is 360 g/mol. The lowest BCUT2D eigenvalue weighted by Gasteiger charge is -2.08. The van der Waals surface area contributed by atoms with Gasteiger partial charge in [-0.15, -0.1) is 0 Å². The molecule has 3 rings (SSSR count). The molecule has 0 saturated carbocycles. The molecule has 0 amide bonds. The van der Waals surface area contributed by atoms with E-state index in [0.29, 0.717) is 11.0 Å². The van der Waals surface area contributed by atoms with E-state index < -0.39 is 0 Å². The number of hydrogen-bond acceptors (Lipinski definition) is 2. The van der Waals surface area contributed by atoms with Crippen LogP contribution in [0.25, 0.3) is 22.3 Å². The summed E-state index contributed by atoms with van der Waals surface area (Å²) >= 11 is 9.88. The largest absolute Gasteiger partial charge is 0.228 e. The second-order valence-corrected chi connectivity index (χ2v) is 6.19. The molecule has 0 unspecified atom stereocenters. The number of nitrogens with zero attached hydrogens (tertiary/aromatic N) is 2. The number of aromatic nitrogens is 2. The van der Waals surface area contributed by atoms with Crippen LogP contribution in [0.15, 0.2) is 40.9 Å². The van der Waals surface area contributed by atoms with Gasteiger partial charge in [-0.3, -0.25) is 0 Å². The number of hydrogen-bond donors (Lipinski definition) is 0. The van der Waals surface area contributed by atoms with Crippen LogP contribution in [0.3, 0.4) is 0 Å². The van der Waals surface area contributed by atoms with Crippen molar-refractivity contribution in [3.63, 3.8) is 0 Å². The molecule has 0 N–H and O–H groups in total. The molecule has 0 aliphatic rings. The second kappa shape index (κ2) is 5.74. The molecular weight excluding hydrogens is 348 g/mol. The second-order valence-electron chi connectivity index (χ2n) is 4.98. The van der Waals surface area contributed by atoms with Gasteiger partial charge in [-0.05, 0) is 46.5 Å². The Morgan fingerprint density at radius 3 is 2.43 bits per heavy atom. The van der Waals surface area contributed by atoms with Crippen molar-refractivity contribution in [1.82, 2.24) is 9.97 Å². The summed E-state index contributed by atoms with van der Waals surface area (Å²) in [4.78, 5) is 9.15. The van der Waals surface area contributed by atoms with Crippen molar-refractivity contribution in [1.29, 1.82) is 0 Å². The van der Waals surface area contributed by atoms with Crippen LogP contribution >= 0.6 is 27.5 Å². The van der Waals surface area contributed by atoms with Crippen molar-refractivity contribution in [2.75, 3.05) is 0 Å². The fourth-order valence-electron chi connectivity index (χ4n) is 2.31. The molecule has 0 saturated heterocycles. The molecule has 106 valence electrons. The predicted molar refractivity (Wildman–Crippen MR) is 91.8 cm³/mol. The Morgan fingerprint density at radius 1 is 1.05 bits per heavy atom. The molecule has 2 nitrogen and oxygen atoms in total. The van der Waals surface area contributed by atoms with Gasteiger partial charge in [0.1, 0.15) is 5.15 Å². The third kappa shape index (κ3) is 2.68. The van der Waals surface area contributed by atoms with Crippen LogP contribution in [0.1, 0.15) is 18.1 Å². The third-order valence-corrected chi connectivity index (χ3v) is 4.51. The van der Waals surface area contributed by atoms with E-state index in [1.165, 1.54) is 5.56 Å². The van der Waals surface area contributed by atoms with E-state index in [-0.39, 0.29) is 0 Å². The summed E-state index contributed by atoms with van der Waals surface area (Å²) in [7, 11) is 0. The lowest BCUT2D eigenvalue weighted by atomic mass is 10.1. The molecule has 0 spiro atoms. The lowest BCUT2D eigenvalue weighted by Crippen LogP contribution is -1.94. The summed E-state index contributed by atoms with van der Waals surface area (Å²) < 4.78 is 0.918. The molecule has 0 aliphatic carbocycles. The smallest absolute Gasteiger partial charge is 0.161 e. The summed E-state index contributed by atoms with van der Waals surface area (Å²) in [6.45, 7) is 4.17. The molecule has 1 heterocycles. The zero-order chi connectivity index (χ0) is 15.0. The number of rotatable bonds is 2. The van der Waals surface area contributed by atoms with E-state index in [0.717, 1.165) is 32.9 Å². The minimum atomic E-state index is 0.477. The zero-order valence-corrected chi connectivity index (χ0v) is 14.2. The molecule has 4 heteroatoms. The minimum Gasteiger partial charge on any atom is -0.228 e. The Bertz CT molecular complexity index is 813. The Labute approximate surface area is 137 Å². The van der Waals surface area contributed by atoms with Crippen LogP contribution in [-0.2, 0) is 6.42 Å². The Balaban J connectivity index is 2.22. The van der Waals surface area contributed by atoms with E-state index in [9.17, 15) is 0 Å². The van der Waals surface area contributed by atoms with Gasteiger partial charge in [-0.25, -0.2) is 9.97 Å². The van der Waals surface area contributed by atoms with Gasteiger partial charge in [-0.2, -0.15) is 0 Å². The molecule has 0 atom stereocenters. The number of aryl methyl sites for hydroxylation is 2. The Hall–Kier alpha value is -1.45. The first-order chi connectivity index (χ1) is 10.1. The maximum atomic E-state index is 6.37. The highest BCUT2D eigenvalue weighted by Crippen LogP contribution is 2.32. The van der Waals surface area contributed by atoms with Crippen molar-refractivity contribution >= 4 is 38.4 Å². The van der Waals surface area contributed by atoms with Crippen LogP contribution < -0.4 is 0 Å². The molecule has 2 aromatic carbocycles. The molecule has 0 aliphatic heterocycles. The summed E-state index contributed by atoms with van der Waals surface area (Å²) in [6.07, 6.45) is 1.02. The maximum absolute atomic E-state index is 6.37. The highest BCUT2D eigenvalue weighted by Gasteiger charge is 2.12. The molecule has 0 bridgehead atoms. The molecule has 21 heavy (non-hydrogen) atoms. The normalized spacial score (nSPS) is 11.0. The molecule has 0 fully saturated rings. The van der Waals surface area contributed by atoms with Crippen molar-refractivity contribution in [3.05, 3.63) is 57.2 Å². The molecule has 0 radical (unpaired) electrons. The summed E-state index contributed by atoms with van der Waals surface area (Å²) in [5.41, 5.74) is 4.25. The summed E-state index contributed by atoms with van der Waals surface area (Å²) in [5.74, 6) is 0.663. The highest BCUT2D eigenvalue weighted by atomic mass is 79.9. The van der Waals surface area contributed by atoms with Gasteiger partial charge < -0.3 is 0 Å². The first kappa shape index (κ1) is 14.5. The lowest BCUT2D eigenvalue weighted by molar-refractivity contribution is 1.14. The predicted octanol–water partition coefficient (Wildman–Crippen LogP) is 5.58. The first-order valence-electron chi connectivity index (χ1n) is 6.82. The van der Waals surface area contributed by atoms with Gasteiger partial charge in [0.25, 0.3) is 0 Å². The fourth-order valence-corrected chi connectivity index (χ4v) is 3.20. The van der Waals surface area contributed by atoms with Crippen molar-refractivity contribution in [2.45, 2.75) is 20.3 Å². The van der Waals surface area contributed by atoms with Crippen LogP contribution in [-0.4, -0.2) is 9.97 Å². The molecule has 3 aromatic rings. The summed E-state index contributed by atoms with van der Waals surface area (Å²) in [6, 6.07) is 12.3. The minimum absolute atomic E-state index is 0.477. The Kier molecular flexibility index (Phi) is 3.96. The maximum Gasteiger partial charge on any atom is 0.161 e. The van der Waals surface area contributed by atoms with E-state index in [4.69, 9.17) is 16.6 Å². The van der Waals surface area contributed by atoms with Crippen molar-refractivity contribution in [2.24, 2.45) is 0 Å².